The van der Waals surface area contributed by atoms with Gasteiger partial charge in [-0.15, -0.1) is 0 Å². The van der Waals surface area contributed by atoms with Crippen molar-refractivity contribution in [2.24, 2.45) is 0 Å². The smallest absolute Gasteiger partial charge is 0.228 e. The molecular weight excluding hydrogens is 369 g/mol. The molecule has 7 heteroatoms. The van der Waals surface area contributed by atoms with Crippen molar-refractivity contribution in [3.05, 3.63) is 78.4 Å². The molecule has 1 amide bonds. The summed E-state index contributed by atoms with van der Waals surface area (Å²) in [7, 11) is 0. The molecule has 3 aromatic rings. The van der Waals surface area contributed by atoms with Gasteiger partial charge in [0, 0.05) is 49.9 Å². The number of amides is 1. The summed E-state index contributed by atoms with van der Waals surface area (Å²) in [5.74, 6) is 0.342. The van der Waals surface area contributed by atoms with Crippen LogP contribution in [0.1, 0.15) is 5.56 Å². The molecule has 0 radical (unpaired) electrons. The van der Waals surface area contributed by atoms with Crippen molar-refractivity contribution in [3.8, 4) is 0 Å². The van der Waals surface area contributed by atoms with Gasteiger partial charge in [-0.2, -0.15) is 0 Å². The Hall–Kier alpha value is -3.48. The Morgan fingerprint density at radius 2 is 1.52 bits per heavy atom. The molecule has 0 atom stereocenters. The number of hydrogen-bond acceptors (Lipinski definition) is 5. The van der Waals surface area contributed by atoms with E-state index in [4.69, 9.17) is 0 Å². The number of nitrogens with one attached hydrogen (secondary N) is 1. The third-order valence-electron chi connectivity index (χ3n) is 4.91. The summed E-state index contributed by atoms with van der Waals surface area (Å²) >= 11 is 0. The van der Waals surface area contributed by atoms with Crippen LogP contribution in [0.2, 0.25) is 0 Å². The maximum absolute atomic E-state index is 13.0. The van der Waals surface area contributed by atoms with Crippen LogP contribution in [0, 0.1) is 5.82 Å². The van der Waals surface area contributed by atoms with E-state index in [1.807, 2.05) is 30.3 Å². The van der Waals surface area contributed by atoms with Gasteiger partial charge in [-0.25, -0.2) is 14.4 Å². The number of nitrogens with zero attached hydrogens (tertiary/aromatic N) is 4. The molecule has 2 aromatic carbocycles. The second-order valence-corrected chi connectivity index (χ2v) is 6.92. The third kappa shape index (κ3) is 4.87. The van der Waals surface area contributed by atoms with E-state index in [1.54, 1.807) is 24.5 Å². The Kier molecular flexibility index (Phi) is 5.65. The molecule has 0 unspecified atom stereocenters. The zero-order valence-corrected chi connectivity index (χ0v) is 16.0. The van der Waals surface area contributed by atoms with E-state index in [0.717, 1.165) is 49.1 Å². The minimum absolute atomic E-state index is 0.124. The molecule has 1 aliphatic heterocycles. The lowest BCUT2D eigenvalue weighted by molar-refractivity contribution is -0.115. The molecule has 1 saturated heterocycles. The highest BCUT2D eigenvalue weighted by Crippen LogP contribution is 2.21. The normalized spacial score (nSPS) is 14.0. The SMILES string of the molecule is O=C(Cc1ccc(F)cc1)Nc1ccc(N2CCN(c3ncccn3)CC2)cc1. The molecule has 0 bridgehead atoms. The largest absolute Gasteiger partial charge is 0.368 e. The molecule has 0 saturated carbocycles. The van der Waals surface area contributed by atoms with Gasteiger partial charge >= 0.3 is 0 Å². The summed E-state index contributed by atoms with van der Waals surface area (Å²) in [6.07, 6.45) is 3.74. The Bertz CT molecular complexity index is 939. The van der Waals surface area contributed by atoms with Crippen molar-refractivity contribution in [1.29, 1.82) is 0 Å². The van der Waals surface area contributed by atoms with Crippen LogP contribution in [-0.4, -0.2) is 42.1 Å². The molecule has 6 nitrogen and oxygen atoms in total. The molecule has 0 spiro atoms. The summed E-state index contributed by atoms with van der Waals surface area (Å²) in [6.45, 7) is 3.49. The Balaban J connectivity index is 1.30. The number of hydrogen-bond donors (Lipinski definition) is 1. The second-order valence-electron chi connectivity index (χ2n) is 6.92. The van der Waals surface area contributed by atoms with E-state index in [1.165, 1.54) is 12.1 Å². The van der Waals surface area contributed by atoms with E-state index in [9.17, 15) is 9.18 Å². The minimum atomic E-state index is -0.304. The Morgan fingerprint density at radius 1 is 0.897 bits per heavy atom. The van der Waals surface area contributed by atoms with Gasteiger partial charge in [0.15, 0.2) is 0 Å². The average molecular weight is 391 g/mol. The van der Waals surface area contributed by atoms with E-state index in [-0.39, 0.29) is 18.1 Å². The first kappa shape index (κ1) is 18.9. The number of carbonyl (C=O) groups excluding carboxylic acids is 1. The fraction of sp³-hybridized carbons (Fsp3) is 0.227. The van der Waals surface area contributed by atoms with Gasteiger partial charge in [-0.3, -0.25) is 4.79 Å². The van der Waals surface area contributed by atoms with Gasteiger partial charge in [0.25, 0.3) is 0 Å². The maximum Gasteiger partial charge on any atom is 0.228 e. The Labute approximate surface area is 169 Å². The maximum atomic E-state index is 13.0. The van der Waals surface area contributed by atoms with Crippen LogP contribution in [0.25, 0.3) is 0 Å². The number of aromatic nitrogens is 2. The van der Waals surface area contributed by atoms with Crippen LogP contribution in [0.3, 0.4) is 0 Å². The number of benzene rings is 2. The predicted molar refractivity (Wildman–Crippen MR) is 112 cm³/mol. The standard InChI is InChI=1S/C22H22FN5O/c23-18-4-2-17(3-5-18)16-21(29)26-19-6-8-20(9-7-19)27-12-14-28(15-13-27)22-24-10-1-11-25-22/h1-11H,12-16H2,(H,26,29). The summed E-state index contributed by atoms with van der Waals surface area (Å²) < 4.78 is 13.0. The molecule has 1 fully saturated rings. The second kappa shape index (κ2) is 8.68. The minimum Gasteiger partial charge on any atom is -0.368 e. The molecule has 2 heterocycles. The van der Waals surface area contributed by atoms with Gasteiger partial charge in [0.2, 0.25) is 11.9 Å². The fourth-order valence-corrected chi connectivity index (χ4v) is 3.37. The van der Waals surface area contributed by atoms with Crippen molar-refractivity contribution < 1.29 is 9.18 Å². The third-order valence-corrected chi connectivity index (χ3v) is 4.91. The van der Waals surface area contributed by atoms with Crippen LogP contribution in [0.15, 0.2) is 67.0 Å². The van der Waals surface area contributed by atoms with Crippen molar-refractivity contribution in [2.75, 3.05) is 41.3 Å². The lowest BCUT2D eigenvalue weighted by Crippen LogP contribution is -2.47. The van der Waals surface area contributed by atoms with Crippen LogP contribution < -0.4 is 15.1 Å². The summed E-state index contributed by atoms with van der Waals surface area (Å²) in [6, 6.07) is 15.6. The van der Waals surface area contributed by atoms with E-state index < -0.39 is 0 Å². The predicted octanol–water partition coefficient (Wildman–Crippen LogP) is 3.12. The number of piperazine rings is 1. The van der Waals surface area contributed by atoms with E-state index in [0.29, 0.717) is 0 Å². The number of carbonyl (C=O) groups is 1. The molecule has 148 valence electrons. The molecule has 0 aliphatic carbocycles. The Morgan fingerprint density at radius 3 is 2.17 bits per heavy atom. The first-order valence-electron chi connectivity index (χ1n) is 9.59. The first-order valence-corrected chi connectivity index (χ1v) is 9.59. The summed E-state index contributed by atoms with van der Waals surface area (Å²) in [5.41, 5.74) is 2.65. The van der Waals surface area contributed by atoms with Gasteiger partial charge in [0.05, 0.1) is 6.42 Å². The quantitative estimate of drug-likeness (QED) is 0.724. The number of rotatable bonds is 5. The molecule has 4 rings (SSSR count). The van der Waals surface area contributed by atoms with Crippen molar-refractivity contribution >= 4 is 23.2 Å². The molecule has 1 aromatic heterocycles. The zero-order chi connectivity index (χ0) is 20.1. The first-order chi connectivity index (χ1) is 14.2. The molecule has 1 aliphatic rings. The van der Waals surface area contributed by atoms with Gasteiger partial charge in [-0.05, 0) is 48.0 Å². The topological polar surface area (TPSA) is 61.4 Å². The summed E-state index contributed by atoms with van der Waals surface area (Å²) in [5, 5.41) is 2.89. The van der Waals surface area contributed by atoms with Crippen LogP contribution >= 0.6 is 0 Å². The summed E-state index contributed by atoms with van der Waals surface area (Å²) in [4.78, 5) is 25.3. The van der Waals surface area contributed by atoms with Crippen molar-refractivity contribution in [3.63, 3.8) is 0 Å². The van der Waals surface area contributed by atoms with Gasteiger partial charge < -0.3 is 15.1 Å². The number of anilines is 3. The highest BCUT2D eigenvalue weighted by molar-refractivity contribution is 5.92. The van der Waals surface area contributed by atoms with Crippen molar-refractivity contribution in [2.45, 2.75) is 6.42 Å². The van der Waals surface area contributed by atoms with Crippen LogP contribution in [0.4, 0.5) is 21.7 Å². The number of halogens is 1. The van der Waals surface area contributed by atoms with Crippen LogP contribution in [0.5, 0.6) is 0 Å². The molecular formula is C22H22FN5O. The van der Waals surface area contributed by atoms with Gasteiger partial charge in [0.1, 0.15) is 5.82 Å². The van der Waals surface area contributed by atoms with Crippen molar-refractivity contribution in [1.82, 2.24) is 9.97 Å². The van der Waals surface area contributed by atoms with Crippen LogP contribution in [-0.2, 0) is 11.2 Å². The lowest BCUT2D eigenvalue weighted by atomic mass is 10.1. The monoisotopic (exact) mass is 391 g/mol. The zero-order valence-electron chi connectivity index (χ0n) is 16.0. The van der Waals surface area contributed by atoms with Gasteiger partial charge in [-0.1, -0.05) is 12.1 Å². The average Bonchev–Trinajstić information content (AvgIpc) is 2.77. The highest BCUT2D eigenvalue weighted by Gasteiger charge is 2.19. The highest BCUT2D eigenvalue weighted by atomic mass is 19.1. The molecule has 1 N–H and O–H groups in total. The van der Waals surface area contributed by atoms with E-state index >= 15 is 0 Å². The fourth-order valence-electron chi connectivity index (χ4n) is 3.37. The molecule has 29 heavy (non-hydrogen) atoms. The van der Waals surface area contributed by atoms with E-state index in [2.05, 4.69) is 25.1 Å². The lowest BCUT2D eigenvalue weighted by Gasteiger charge is -2.36.